The summed E-state index contributed by atoms with van der Waals surface area (Å²) in [4.78, 5) is 48.7. The van der Waals surface area contributed by atoms with Crippen LogP contribution in [-0.4, -0.2) is 39.5 Å². The Morgan fingerprint density at radius 1 is 1.00 bits per heavy atom. The minimum atomic E-state index is -5.32. The summed E-state index contributed by atoms with van der Waals surface area (Å²) in [6, 6.07) is 0. The van der Waals surface area contributed by atoms with E-state index in [0.29, 0.717) is 0 Å². The number of rotatable bonds is 9. The topological polar surface area (TPSA) is 166 Å². The molecule has 0 aromatic carbocycles. The molecule has 1 unspecified atom stereocenters. The van der Waals surface area contributed by atoms with E-state index in [9.17, 15) is 18.7 Å². The molecule has 0 bridgehead atoms. The van der Waals surface area contributed by atoms with Gasteiger partial charge in [-0.15, -0.1) is 0 Å². The molecular weight excluding hydrogens is 358 g/mol. The Bertz CT molecular complexity index is 562. The summed E-state index contributed by atoms with van der Waals surface area (Å²) >= 11 is 0. The van der Waals surface area contributed by atoms with Gasteiger partial charge in [0.15, 0.2) is 0 Å². The number of esters is 2. The predicted molar refractivity (Wildman–Crippen MR) is 74.5 cm³/mol. The molecule has 0 heterocycles. The maximum atomic E-state index is 11.4. The minimum Gasteiger partial charge on any atom is -0.419 e. The average Bonchev–Trinajstić information content (AvgIpc) is 2.32. The highest BCUT2D eigenvalue weighted by Crippen LogP contribution is 2.57. The zero-order valence-electron chi connectivity index (χ0n) is 12.2. The lowest BCUT2D eigenvalue weighted by atomic mass is 10.3. The van der Waals surface area contributed by atoms with E-state index in [2.05, 4.69) is 31.5 Å². The highest BCUT2D eigenvalue weighted by Gasteiger charge is 2.34. The van der Waals surface area contributed by atoms with E-state index in [1.165, 1.54) is 13.8 Å². The van der Waals surface area contributed by atoms with Crippen LogP contribution in [0.5, 0.6) is 0 Å². The Morgan fingerprint density at radius 3 is 1.70 bits per heavy atom. The first kappa shape index (κ1) is 21.7. The summed E-state index contributed by atoms with van der Waals surface area (Å²) in [7, 11) is -10.5. The van der Waals surface area contributed by atoms with Crippen molar-refractivity contribution in [2.24, 2.45) is 0 Å². The van der Waals surface area contributed by atoms with Crippen LogP contribution in [0.1, 0.15) is 13.8 Å². The van der Waals surface area contributed by atoms with Gasteiger partial charge in [0.1, 0.15) is 6.61 Å². The largest absolute Gasteiger partial charge is 0.481 e. The number of hydrogen-bond acceptors (Lipinski definition) is 8. The molecule has 0 amide bonds. The number of ether oxygens (including phenoxy) is 2. The molecule has 0 spiro atoms. The van der Waals surface area contributed by atoms with Gasteiger partial charge >= 0.3 is 27.6 Å². The third-order valence-corrected chi connectivity index (χ3v) is 3.91. The third-order valence-electron chi connectivity index (χ3n) is 1.76. The van der Waals surface area contributed by atoms with Gasteiger partial charge in [-0.25, -0.2) is 18.7 Å². The lowest BCUT2D eigenvalue weighted by Gasteiger charge is -2.19. The second kappa shape index (κ2) is 8.51. The van der Waals surface area contributed by atoms with Crippen molar-refractivity contribution in [3.8, 4) is 0 Å². The van der Waals surface area contributed by atoms with Crippen LogP contribution in [-0.2, 0) is 37.0 Å². The van der Waals surface area contributed by atoms with Gasteiger partial charge in [-0.05, 0) is 13.8 Å². The van der Waals surface area contributed by atoms with E-state index in [0.717, 1.165) is 0 Å². The number of phosphoric acid groups is 2. The zero-order valence-corrected chi connectivity index (χ0v) is 14.0. The van der Waals surface area contributed by atoms with Crippen molar-refractivity contribution in [2.45, 2.75) is 20.1 Å². The molecule has 3 N–H and O–H groups in total. The molecule has 0 fully saturated rings. The summed E-state index contributed by atoms with van der Waals surface area (Å²) in [5.41, 5.74) is -0.139. The molecule has 13 heteroatoms. The second-order valence-electron chi connectivity index (χ2n) is 4.14. The van der Waals surface area contributed by atoms with E-state index in [1.54, 1.807) is 0 Å². The SMILES string of the molecule is C=C(C)C(=O)OC(COP(=O)(O)OP(=O)(O)O)OC(=O)C(=C)C. The van der Waals surface area contributed by atoms with Gasteiger partial charge in [-0.3, -0.25) is 4.52 Å². The van der Waals surface area contributed by atoms with E-state index in [-0.39, 0.29) is 11.1 Å². The van der Waals surface area contributed by atoms with Crippen LogP contribution in [0.15, 0.2) is 24.3 Å². The van der Waals surface area contributed by atoms with E-state index < -0.39 is 40.5 Å². The number of carbonyl (C=O) groups is 2. The minimum absolute atomic E-state index is 0.0694. The molecule has 11 nitrogen and oxygen atoms in total. The predicted octanol–water partition coefficient (Wildman–Crippen LogP) is 0.777. The summed E-state index contributed by atoms with van der Waals surface area (Å²) in [6.45, 7) is 8.09. The van der Waals surface area contributed by atoms with Crippen molar-refractivity contribution < 1.29 is 51.7 Å². The first-order chi connectivity index (χ1) is 10.2. The fourth-order valence-corrected chi connectivity index (χ4v) is 2.42. The van der Waals surface area contributed by atoms with Crippen LogP contribution in [0.25, 0.3) is 0 Å². The molecule has 0 aromatic heterocycles. The van der Waals surface area contributed by atoms with Gasteiger partial charge in [-0.1, -0.05) is 13.2 Å². The quantitative estimate of drug-likeness (QED) is 0.226. The number of hydrogen-bond donors (Lipinski definition) is 3. The molecular formula is C10H16O11P2. The highest BCUT2D eigenvalue weighted by atomic mass is 31.3. The van der Waals surface area contributed by atoms with Crippen molar-refractivity contribution >= 4 is 27.6 Å². The van der Waals surface area contributed by atoms with Gasteiger partial charge in [0.2, 0.25) is 0 Å². The maximum absolute atomic E-state index is 11.4. The van der Waals surface area contributed by atoms with Crippen molar-refractivity contribution in [3.63, 3.8) is 0 Å². The van der Waals surface area contributed by atoms with Crippen molar-refractivity contribution in [3.05, 3.63) is 24.3 Å². The molecule has 0 aromatic rings. The Hall–Kier alpha value is -1.32. The molecule has 0 aliphatic heterocycles. The van der Waals surface area contributed by atoms with E-state index in [4.69, 9.17) is 14.7 Å². The number of carbonyl (C=O) groups excluding carboxylic acids is 2. The Balaban J connectivity index is 4.94. The fraction of sp³-hybridized carbons (Fsp3) is 0.400. The van der Waals surface area contributed by atoms with Crippen LogP contribution in [0.3, 0.4) is 0 Å². The van der Waals surface area contributed by atoms with Crippen molar-refractivity contribution in [2.75, 3.05) is 6.61 Å². The summed E-state index contributed by atoms with van der Waals surface area (Å²) in [5, 5.41) is 0. The smallest absolute Gasteiger partial charge is 0.419 e. The zero-order chi connectivity index (χ0) is 18.4. The molecule has 132 valence electrons. The lowest BCUT2D eigenvalue weighted by Crippen LogP contribution is -2.29. The Labute approximate surface area is 131 Å². The van der Waals surface area contributed by atoms with E-state index >= 15 is 0 Å². The van der Waals surface area contributed by atoms with Crippen LogP contribution in [0.4, 0.5) is 0 Å². The van der Waals surface area contributed by atoms with Crippen LogP contribution >= 0.6 is 15.6 Å². The Morgan fingerprint density at radius 2 is 1.39 bits per heavy atom. The average molecular weight is 374 g/mol. The van der Waals surface area contributed by atoms with Crippen LogP contribution in [0, 0.1) is 0 Å². The molecule has 0 radical (unpaired) electrons. The van der Waals surface area contributed by atoms with Crippen molar-refractivity contribution in [1.82, 2.24) is 0 Å². The monoisotopic (exact) mass is 374 g/mol. The second-order valence-corrected chi connectivity index (χ2v) is 6.97. The first-order valence-electron chi connectivity index (χ1n) is 5.70. The third kappa shape index (κ3) is 10.1. The maximum Gasteiger partial charge on any atom is 0.481 e. The highest BCUT2D eigenvalue weighted by molar-refractivity contribution is 7.60. The van der Waals surface area contributed by atoms with Crippen LogP contribution < -0.4 is 0 Å². The fourth-order valence-electron chi connectivity index (χ4n) is 0.845. The Kier molecular flexibility index (Phi) is 8.02. The molecule has 23 heavy (non-hydrogen) atoms. The summed E-state index contributed by atoms with van der Waals surface area (Å²) < 4.78 is 38.8. The standard InChI is InChI=1S/C10H16O11P2/c1-6(2)9(11)19-8(20-10(12)7(3)4)5-18-23(16,17)21-22(13,14)15/h8H,1,3,5H2,2,4H3,(H,16,17)(H2,13,14,15). The van der Waals surface area contributed by atoms with Crippen molar-refractivity contribution in [1.29, 1.82) is 0 Å². The van der Waals surface area contributed by atoms with Gasteiger partial charge in [0.05, 0.1) is 0 Å². The normalized spacial score (nSPS) is 14.0. The van der Waals surface area contributed by atoms with Crippen LogP contribution in [0.2, 0.25) is 0 Å². The van der Waals surface area contributed by atoms with E-state index in [1.807, 2.05) is 0 Å². The van der Waals surface area contributed by atoms with Gasteiger partial charge in [0, 0.05) is 11.1 Å². The van der Waals surface area contributed by atoms with Gasteiger partial charge in [-0.2, -0.15) is 4.31 Å². The molecule has 0 aliphatic carbocycles. The summed E-state index contributed by atoms with van der Waals surface area (Å²) in [5.74, 6) is -2.01. The summed E-state index contributed by atoms with van der Waals surface area (Å²) in [6.07, 6.45) is -1.80. The lowest BCUT2D eigenvalue weighted by molar-refractivity contribution is -0.187. The van der Waals surface area contributed by atoms with Gasteiger partial charge in [0.25, 0.3) is 6.29 Å². The molecule has 0 rings (SSSR count). The molecule has 1 atom stereocenters. The molecule has 0 saturated carbocycles. The molecule has 0 saturated heterocycles. The molecule has 0 aliphatic rings. The van der Waals surface area contributed by atoms with Gasteiger partial charge < -0.3 is 24.2 Å². The first-order valence-corrected chi connectivity index (χ1v) is 8.73. The number of phosphoric ester groups is 1.